The summed E-state index contributed by atoms with van der Waals surface area (Å²) in [7, 11) is 0. The number of aromatic nitrogens is 2. The van der Waals surface area contributed by atoms with Crippen LogP contribution in [0, 0.1) is 11.2 Å². The molecule has 4 N–H and O–H groups in total. The van der Waals surface area contributed by atoms with E-state index in [1.54, 1.807) is 6.07 Å². The molecule has 0 bridgehead atoms. The van der Waals surface area contributed by atoms with Crippen LogP contribution in [0.25, 0.3) is 11.1 Å². The molecule has 43 heavy (non-hydrogen) atoms. The highest BCUT2D eigenvalue weighted by Gasteiger charge is 2.45. The Kier molecular flexibility index (Phi) is 8.63. The van der Waals surface area contributed by atoms with Crippen molar-refractivity contribution >= 4 is 17.7 Å². The number of hydrogen-bond acceptors (Lipinski definition) is 8. The number of benzene rings is 2. The van der Waals surface area contributed by atoms with E-state index in [-0.39, 0.29) is 28.6 Å². The van der Waals surface area contributed by atoms with Crippen LogP contribution in [0.1, 0.15) is 44.3 Å². The highest BCUT2D eigenvalue weighted by atomic mass is 19.4. The Balaban J connectivity index is 1.30. The minimum Gasteiger partial charge on any atom is -0.491 e. The zero-order valence-electron chi connectivity index (χ0n) is 23.5. The van der Waals surface area contributed by atoms with E-state index in [1.165, 1.54) is 42.5 Å². The van der Waals surface area contributed by atoms with Crippen molar-refractivity contribution in [1.29, 1.82) is 0 Å². The van der Waals surface area contributed by atoms with Gasteiger partial charge in [0, 0.05) is 31.3 Å². The number of alkyl halides is 3. The average Bonchev–Trinajstić information content (AvgIpc) is 3.38. The van der Waals surface area contributed by atoms with Crippen molar-refractivity contribution in [2.75, 3.05) is 36.9 Å². The van der Waals surface area contributed by atoms with Crippen molar-refractivity contribution in [1.82, 2.24) is 15.3 Å². The lowest BCUT2D eigenvalue weighted by molar-refractivity contribution is -0.198. The molecular formula is C30H33F4N5O4. The maximum absolute atomic E-state index is 14.4. The molecule has 2 saturated heterocycles. The van der Waals surface area contributed by atoms with Crippen molar-refractivity contribution < 1.29 is 36.9 Å². The molecule has 5 rings (SSSR count). The number of piperidine rings is 1. The molecule has 0 aliphatic carbocycles. The minimum absolute atomic E-state index is 0.114. The van der Waals surface area contributed by atoms with Gasteiger partial charge < -0.3 is 30.5 Å². The monoisotopic (exact) mass is 603 g/mol. The van der Waals surface area contributed by atoms with Crippen LogP contribution in [0.4, 0.5) is 29.3 Å². The fraction of sp³-hybridized carbons (Fsp3) is 0.433. The van der Waals surface area contributed by atoms with E-state index in [1.807, 2.05) is 11.8 Å². The van der Waals surface area contributed by atoms with E-state index in [2.05, 4.69) is 15.3 Å². The van der Waals surface area contributed by atoms with Crippen LogP contribution in [0.2, 0.25) is 0 Å². The first-order valence-corrected chi connectivity index (χ1v) is 14.1. The summed E-state index contributed by atoms with van der Waals surface area (Å²) in [5.74, 6) is -1.54. The van der Waals surface area contributed by atoms with Gasteiger partial charge in [-0.25, -0.2) is 4.39 Å². The molecule has 13 heteroatoms. The van der Waals surface area contributed by atoms with Gasteiger partial charge in [0.2, 0.25) is 17.9 Å². The number of nitrogens with one attached hydrogen (secondary N) is 1. The number of nitrogens with two attached hydrogens (primary N) is 1. The van der Waals surface area contributed by atoms with Gasteiger partial charge in [0.05, 0.1) is 6.61 Å². The van der Waals surface area contributed by atoms with Crippen LogP contribution >= 0.6 is 0 Å². The van der Waals surface area contributed by atoms with E-state index in [9.17, 15) is 27.5 Å². The lowest BCUT2D eigenvalue weighted by atomic mass is 9.76. The topological polar surface area (TPSA) is 123 Å². The number of carbonyl (C=O) groups is 1. The molecule has 2 aliphatic rings. The van der Waals surface area contributed by atoms with Crippen LogP contribution in [-0.4, -0.2) is 59.5 Å². The van der Waals surface area contributed by atoms with Gasteiger partial charge in [-0.1, -0.05) is 37.3 Å². The normalized spacial score (nSPS) is 18.9. The standard InChI is InChI=1S/C30H33F4N5O4/c1-2-13-42-23-8-7-20(14-21(23)31)18-3-5-19(6-4-18)26(30(32,33)34)43-25-15-24(37-28(35)38-25)39-11-9-29(10-12-39)16-22(27(40)41)36-17-29/h3-8,14-15,22,26,36H,2,9-13,16-17H2,1H3,(H,40,41)(H2,35,37,38)/t22?,26-/m1/s1. The molecule has 0 amide bonds. The second-order valence-electron chi connectivity index (χ2n) is 11.0. The van der Waals surface area contributed by atoms with Crippen molar-refractivity contribution in [3.05, 3.63) is 59.9 Å². The first-order chi connectivity index (χ1) is 20.5. The maximum Gasteiger partial charge on any atom is 0.429 e. The number of carboxylic acid groups (broad SMARTS) is 1. The molecule has 1 aromatic heterocycles. The van der Waals surface area contributed by atoms with E-state index in [0.717, 1.165) is 6.42 Å². The molecule has 0 saturated carbocycles. The number of ether oxygens (including phenoxy) is 2. The van der Waals surface area contributed by atoms with E-state index in [0.29, 0.717) is 62.4 Å². The Labute approximate surface area is 246 Å². The smallest absolute Gasteiger partial charge is 0.429 e. The summed E-state index contributed by atoms with van der Waals surface area (Å²) < 4.78 is 67.8. The minimum atomic E-state index is -4.78. The van der Waals surface area contributed by atoms with Crippen LogP contribution in [0.15, 0.2) is 48.5 Å². The number of halogens is 4. The molecule has 0 radical (unpaired) electrons. The second-order valence-corrected chi connectivity index (χ2v) is 11.0. The van der Waals surface area contributed by atoms with Gasteiger partial charge in [-0.2, -0.15) is 23.1 Å². The van der Waals surface area contributed by atoms with Gasteiger partial charge in [0.1, 0.15) is 11.9 Å². The van der Waals surface area contributed by atoms with Gasteiger partial charge in [0.15, 0.2) is 11.6 Å². The lowest BCUT2D eigenvalue weighted by Gasteiger charge is -2.39. The number of rotatable bonds is 9. The number of hydrogen-bond donors (Lipinski definition) is 3. The van der Waals surface area contributed by atoms with Crippen molar-refractivity contribution in [3.63, 3.8) is 0 Å². The number of nitrogen functional groups attached to an aromatic ring is 1. The Morgan fingerprint density at radius 1 is 1.14 bits per heavy atom. The van der Waals surface area contributed by atoms with E-state index >= 15 is 0 Å². The first kappa shape index (κ1) is 30.3. The SMILES string of the molecule is CCCOc1ccc(-c2ccc([C@@H](Oc3cc(N4CCC5(CC4)CNC(C(=O)O)C5)nc(N)n3)C(F)(F)F)cc2)cc1F. The fourth-order valence-electron chi connectivity index (χ4n) is 5.64. The quantitative estimate of drug-likeness (QED) is 0.277. The van der Waals surface area contributed by atoms with Gasteiger partial charge >= 0.3 is 12.1 Å². The first-order valence-electron chi connectivity index (χ1n) is 14.1. The van der Waals surface area contributed by atoms with Crippen LogP contribution in [-0.2, 0) is 4.79 Å². The summed E-state index contributed by atoms with van der Waals surface area (Å²) in [4.78, 5) is 21.4. The number of aliphatic carboxylic acids is 1. The molecule has 3 aromatic rings. The number of carboxylic acids is 1. The summed E-state index contributed by atoms with van der Waals surface area (Å²) >= 11 is 0. The zero-order valence-corrected chi connectivity index (χ0v) is 23.5. The average molecular weight is 604 g/mol. The Bertz CT molecular complexity index is 1450. The molecule has 2 fully saturated rings. The van der Waals surface area contributed by atoms with E-state index < -0.39 is 30.1 Å². The molecule has 230 valence electrons. The summed E-state index contributed by atoms with van der Waals surface area (Å²) in [5.41, 5.74) is 6.56. The van der Waals surface area contributed by atoms with Crippen molar-refractivity contribution in [2.24, 2.45) is 5.41 Å². The summed E-state index contributed by atoms with van der Waals surface area (Å²) in [5, 5.41) is 12.4. The molecule has 2 aromatic carbocycles. The van der Waals surface area contributed by atoms with Crippen LogP contribution in [0.3, 0.4) is 0 Å². The highest BCUT2D eigenvalue weighted by molar-refractivity contribution is 5.74. The largest absolute Gasteiger partial charge is 0.491 e. The number of anilines is 2. The Morgan fingerprint density at radius 2 is 1.84 bits per heavy atom. The highest BCUT2D eigenvalue weighted by Crippen LogP contribution is 2.41. The summed E-state index contributed by atoms with van der Waals surface area (Å²) in [6, 6.07) is 10.7. The Hall–Kier alpha value is -4.13. The molecule has 3 heterocycles. The zero-order chi connectivity index (χ0) is 30.8. The second kappa shape index (κ2) is 12.2. The van der Waals surface area contributed by atoms with Gasteiger partial charge in [-0.15, -0.1) is 0 Å². The molecule has 1 spiro atoms. The number of nitrogens with zero attached hydrogens (tertiary/aromatic N) is 3. The van der Waals surface area contributed by atoms with Gasteiger partial charge in [0.25, 0.3) is 0 Å². The van der Waals surface area contributed by atoms with Crippen molar-refractivity contribution in [3.8, 4) is 22.8 Å². The van der Waals surface area contributed by atoms with Crippen LogP contribution < -0.4 is 25.4 Å². The van der Waals surface area contributed by atoms with Crippen LogP contribution in [0.5, 0.6) is 11.6 Å². The molecular weight excluding hydrogens is 570 g/mol. The third kappa shape index (κ3) is 6.93. The predicted octanol–water partition coefficient (Wildman–Crippen LogP) is 5.37. The third-order valence-corrected chi connectivity index (χ3v) is 7.99. The fourth-order valence-corrected chi connectivity index (χ4v) is 5.64. The summed E-state index contributed by atoms with van der Waals surface area (Å²) in [6.45, 7) is 3.93. The van der Waals surface area contributed by atoms with Crippen molar-refractivity contribution in [2.45, 2.75) is 50.9 Å². The van der Waals surface area contributed by atoms with E-state index in [4.69, 9.17) is 15.2 Å². The third-order valence-electron chi connectivity index (χ3n) is 7.99. The molecule has 2 atom stereocenters. The van der Waals surface area contributed by atoms with Gasteiger partial charge in [-0.3, -0.25) is 4.79 Å². The Morgan fingerprint density at radius 3 is 2.44 bits per heavy atom. The molecule has 1 unspecified atom stereocenters. The predicted molar refractivity (Wildman–Crippen MR) is 151 cm³/mol. The summed E-state index contributed by atoms with van der Waals surface area (Å²) in [6.07, 6.45) is -4.48. The lowest BCUT2D eigenvalue weighted by Crippen LogP contribution is -2.41. The molecule has 2 aliphatic heterocycles. The van der Waals surface area contributed by atoms with Gasteiger partial charge in [-0.05, 0) is 54.4 Å². The maximum atomic E-state index is 14.4. The molecule has 9 nitrogen and oxygen atoms in total.